The van der Waals surface area contributed by atoms with Crippen molar-refractivity contribution in [2.45, 2.75) is 6.92 Å². The number of rotatable bonds is 2. The molecule has 0 aliphatic carbocycles. The van der Waals surface area contributed by atoms with Crippen molar-refractivity contribution in [1.82, 2.24) is 0 Å². The SMILES string of the molecule is Cc1c(-c2ccccc2)c(C#N)c(N)c(C#N)c1-c1ccc(Cl)cc1. The van der Waals surface area contributed by atoms with E-state index in [1.807, 2.05) is 49.4 Å². The van der Waals surface area contributed by atoms with Crippen LogP contribution in [0, 0.1) is 29.6 Å². The highest BCUT2D eigenvalue weighted by atomic mass is 35.5. The summed E-state index contributed by atoms with van der Waals surface area (Å²) in [6.45, 7) is 1.91. The van der Waals surface area contributed by atoms with Crippen LogP contribution in [-0.4, -0.2) is 0 Å². The summed E-state index contributed by atoms with van der Waals surface area (Å²) in [6, 6.07) is 21.2. The molecule has 0 saturated carbocycles. The fourth-order valence-electron chi connectivity index (χ4n) is 3.07. The average molecular weight is 344 g/mol. The van der Waals surface area contributed by atoms with Crippen LogP contribution in [0.5, 0.6) is 0 Å². The third-order valence-corrected chi connectivity index (χ3v) is 4.46. The molecule has 25 heavy (non-hydrogen) atoms. The predicted molar refractivity (Wildman–Crippen MR) is 101 cm³/mol. The molecule has 3 aromatic rings. The van der Waals surface area contributed by atoms with E-state index in [0.717, 1.165) is 27.8 Å². The van der Waals surface area contributed by atoms with Crippen molar-refractivity contribution in [3.8, 4) is 34.4 Å². The molecule has 0 aromatic heterocycles. The summed E-state index contributed by atoms with van der Waals surface area (Å²) in [5.74, 6) is 0. The molecule has 3 nitrogen and oxygen atoms in total. The highest BCUT2D eigenvalue weighted by Crippen LogP contribution is 2.41. The molecule has 0 bridgehead atoms. The number of hydrogen-bond acceptors (Lipinski definition) is 3. The molecule has 2 N–H and O–H groups in total. The third-order valence-electron chi connectivity index (χ3n) is 4.21. The molecule has 0 fully saturated rings. The maximum Gasteiger partial charge on any atom is 0.102 e. The molecule has 4 heteroatoms. The Morgan fingerprint density at radius 2 is 1.28 bits per heavy atom. The zero-order valence-corrected chi connectivity index (χ0v) is 14.3. The first-order valence-electron chi connectivity index (χ1n) is 7.66. The Morgan fingerprint density at radius 3 is 1.76 bits per heavy atom. The van der Waals surface area contributed by atoms with E-state index in [-0.39, 0.29) is 5.69 Å². The molecule has 120 valence electrons. The van der Waals surface area contributed by atoms with E-state index in [4.69, 9.17) is 17.3 Å². The Hall–Kier alpha value is -3.27. The van der Waals surface area contributed by atoms with Crippen LogP contribution in [-0.2, 0) is 0 Å². The summed E-state index contributed by atoms with van der Waals surface area (Å²) >= 11 is 5.99. The van der Waals surface area contributed by atoms with Crippen molar-refractivity contribution in [2.75, 3.05) is 5.73 Å². The van der Waals surface area contributed by atoms with Crippen molar-refractivity contribution in [3.63, 3.8) is 0 Å². The number of nitrogen functional groups attached to an aromatic ring is 1. The van der Waals surface area contributed by atoms with Gasteiger partial charge in [-0.3, -0.25) is 0 Å². The molecule has 0 atom stereocenters. The third kappa shape index (κ3) is 2.83. The van der Waals surface area contributed by atoms with Gasteiger partial charge in [0.05, 0.1) is 16.8 Å². The topological polar surface area (TPSA) is 73.6 Å². The van der Waals surface area contributed by atoms with Crippen molar-refractivity contribution >= 4 is 17.3 Å². The first kappa shape index (κ1) is 16.6. The smallest absolute Gasteiger partial charge is 0.102 e. The molecule has 0 unspecified atom stereocenters. The molecule has 0 spiro atoms. The van der Waals surface area contributed by atoms with Crippen LogP contribution in [0.2, 0.25) is 5.02 Å². The Labute approximate surface area is 151 Å². The van der Waals surface area contributed by atoms with Gasteiger partial charge in [0.1, 0.15) is 12.1 Å². The van der Waals surface area contributed by atoms with E-state index in [1.165, 1.54) is 0 Å². The number of nitrogens with two attached hydrogens (primary N) is 1. The fourth-order valence-corrected chi connectivity index (χ4v) is 3.20. The first-order valence-corrected chi connectivity index (χ1v) is 8.03. The molecule has 3 aromatic carbocycles. The summed E-state index contributed by atoms with van der Waals surface area (Å²) in [5.41, 5.74) is 11.1. The second kappa shape index (κ2) is 6.69. The minimum Gasteiger partial charge on any atom is -0.397 e. The highest BCUT2D eigenvalue weighted by Gasteiger charge is 2.22. The molecular weight excluding hydrogens is 330 g/mol. The van der Waals surface area contributed by atoms with E-state index in [2.05, 4.69) is 12.1 Å². The number of anilines is 1. The largest absolute Gasteiger partial charge is 0.397 e. The lowest BCUT2D eigenvalue weighted by molar-refractivity contribution is 1.38. The summed E-state index contributed by atoms with van der Waals surface area (Å²) in [4.78, 5) is 0. The lowest BCUT2D eigenvalue weighted by atomic mass is 9.85. The maximum absolute atomic E-state index is 9.66. The van der Waals surface area contributed by atoms with Crippen LogP contribution < -0.4 is 5.73 Å². The molecule has 3 rings (SSSR count). The summed E-state index contributed by atoms with van der Waals surface area (Å²) < 4.78 is 0. The second-order valence-corrected chi connectivity index (χ2v) is 6.07. The summed E-state index contributed by atoms with van der Waals surface area (Å²) in [6.07, 6.45) is 0. The second-order valence-electron chi connectivity index (χ2n) is 5.64. The highest BCUT2D eigenvalue weighted by molar-refractivity contribution is 6.30. The lowest BCUT2D eigenvalue weighted by Gasteiger charge is -2.18. The number of benzene rings is 3. The number of hydrogen-bond donors (Lipinski definition) is 1. The summed E-state index contributed by atoms with van der Waals surface area (Å²) in [5, 5.41) is 19.9. The van der Waals surface area contributed by atoms with Crippen molar-refractivity contribution in [1.29, 1.82) is 10.5 Å². The van der Waals surface area contributed by atoms with E-state index < -0.39 is 0 Å². The molecular formula is C21H14ClN3. The Morgan fingerprint density at radius 1 is 0.800 bits per heavy atom. The fraction of sp³-hybridized carbons (Fsp3) is 0.0476. The van der Waals surface area contributed by atoms with Crippen LogP contribution >= 0.6 is 11.6 Å². The van der Waals surface area contributed by atoms with Crippen LogP contribution in [0.4, 0.5) is 5.69 Å². The maximum atomic E-state index is 9.66. The standard InChI is InChI=1S/C21H14ClN3/c1-13-19(14-5-3-2-4-6-14)17(11-23)21(25)18(12-24)20(13)15-7-9-16(22)10-8-15/h2-10H,25H2,1H3. The summed E-state index contributed by atoms with van der Waals surface area (Å²) in [7, 11) is 0. The van der Waals surface area contributed by atoms with Crippen molar-refractivity contribution in [2.24, 2.45) is 0 Å². The van der Waals surface area contributed by atoms with Crippen LogP contribution in [0.25, 0.3) is 22.3 Å². The molecule has 0 aliphatic rings. The number of halogens is 1. The minimum absolute atomic E-state index is 0.208. The van der Waals surface area contributed by atoms with Crippen LogP contribution in [0.1, 0.15) is 16.7 Å². The van der Waals surface area contributed by atoms with Crippen molar-refractivity contribution in [3.05, 3.63) is 76.3 Å². The van der Waals surface area contributed by atoms with E-state index in [1.54, 1.807) is 12.1 Å². The quantitative estimate of drug-likeness (QED) is 0.641. The van der Waals surface area contributed by atoms with Crippen LogP contribution in [0.3, 0.4) is 0 Å². The van der Waals surface area contributed by atoms with Gasteiger partial charge in [-0.15, -0.1) is 0 Å². The van der Waals surface area contributed by atoms with Gasteiger partial charge in [0.15, 0.2) is 0 Å². The van der Waals surface area contributed by atoms with E-state index in [9.17, 15) is 10.5 Å². The predicted octanol–water partition coefficient (Wildman–Crippen LogP) is 5.31. The van der Waals surface area contributed by atoms with E-state index >= 15 is 0 Å². The molecule has 0 radical (unpaired) electrons. The average Bonchev–Trinajstić information content (AvgIpc) is 2.64. The first-order chi connectivity index (χ1) is 12.1. The Bertz CT molecular complexity index is 1020. The normalized spacial score (nSPS) is 10.1. The lowest BCUT2D eigenvalue weighted by Crippen LogP contribution is -2.04. The monoisotopic (exact) mass is 343 g/mol. The minimum atomic E-state index is 0.208. The zero-order chi connectivity index (χ0) is 18.0. The number of nitrogens with zero attached hydrogens (tertiary/aromatic N) is 2. The van der Waals surface area contributed by atoms with Crippen LogP contribution in [0.15, 0.2) is 54.6 Å². The Kier molecular flexibility index (Phi) is 4.44. The van der Waals surface area contributed by atoms with Gasteiger partial charge in [-0.1, -0.05) is 54.1 Å². The van der Waals surface area contributed by atoms with Gasteiger partial charge in [0, 0.05) is 16.1 Å². The molecule has 0 aliphatic heterocycles. The van der Waals surface area contributed by atoms with Gasteiger partial charge >= 0.3 is 0 Å². The van der Waals surface area contributed by atoms with Gasteiger partial charge in [-0.05, 0) is 35.7 Å². The van der Waals surface area contributed by atoms with Gasteiger partial charge in [0.25, 0.3) is 0 Å². The number of nitriles is 2. The van der Waals surface area contributed by atoms with Crippen molar-refractivity contribution < 1.29 is 0 Å². The van der Waals surface area contributed by atoms with Gasteiger partial charge in [-0.2, -0.15) is 10.5 Å². The Balaban J connectivity index is 2.44. The molecule has 0 heterocycles. The van der Waals surface area contributed by atoms with Gasteiger partial charge < -0.3 is 5.73 Å². The van der Waals surface area contributed by atoms with Gasteiger partial charge in [-0.25, -0.2) is 0 Å². The van der Waals surface area contributed by atoms with Gasteiger partial charge in [0.2, 0.25) is 0 Å². The zero-order valence-electron chi connectivity index (χ0n) is 13.5. The molecule has 0 amide bonds. The molecule has 0 saturated heterocycles. The van der Waals surface area contributed by atoms with E-state index in [0.29, 0.717) is 16.1 Å².